The fourth-order valence-corrected chi connectivity index (χ4v) is 1.15. The lowest BCUT2D eigenvalue weighted by molar-refractivity contribution is 0.101. The molecule has 2 nitrogen and oxygen atoms in total. The molecule has 1 aromatic rings. The Morgan fingerprint density at radius 2 is 2.14 bits per heavy atom. The molecule has 14 heavy (non-hydrogen) atoms. The molecule has 1 aromatic carbocycles. The Kier molecular flexibility index (Phi) is 3.15. The van der Waals surface area contributed by atoms with E-state index in [0.29, 0.717) is 6.07 Å². The Balaban J connectivity index is 3.42. The molecule has 0 aliphatic rings. The maximum absolute atomic E-state index is 13.1. The molecule has 0 N–H and O–H groups in total. The number of nitrogens with zero attached hydrogens (tertiary/aromatic N) is 1. The van der Waals surface area contributed by atoms with Crippen molar-refractivity contribution in [2.24, 2.45) is 0 Å². The third-order valence-corrected chi connectivity index (χ3v) is 1.82. The van der Waals surface area contributed by atoms with Gasteiger partial charge in [0.05, 0.1) is 17.0 Å². The van der Waals surface area contributed by atoms with Crippen LogP contribution in [0.25, 0.3) is 0 Å². The minimum Gasteiger partial charge on any atom is -0.293 e. The molecule has 0 spiro atoms. The number of nitriles is 1. The monoisotopic (exact) mass is 215 g/mol. The number of ketones is 1. The molecule has 0 heterocycles. The Morgan fingerprint density at radius 1 is 1.50 bits per heavy atom. The van der Waals surface area contributed by atoms with E-state index in [9.17, 15) is 13.6 Å². The summed E-state index contributed by atoms with van der Waals surface area (Å²) >= 11 is 5.21. The van der Waals surface area contributed by atoms with Gasteiger partial charge in [-0.3, -0.25) is 4.79 Å². The van der Waals surface area contributed by atoms with Crippen LogP contribution >= 0.6 is 11.6 Å². The maximum atomic E-state index is 13.1. The summed E-state index contributed by atoms with van der Waals surface area (Å²) in [6.45, 7) is 0. The van der Waals surface area contributed by atoms with Gasteiger partial charge in [-0.15, -0.1) is 11.6 Å². The van der Waals surface area contributed by atoms with E-state index in [1.807, 2.05) is 0 Å². The molecule has 0 aliphatic carbocycles. The van der Waals surface area contributed by atoms with E-state index in [1.54, 1.807) is 0 Å². The second-order valence-corrected chi connectivity index (χ2v) is 2.75. The van der Waals surface area contributed by atoms with Crippen LogP contribution in [0.3, 0.4) is 0 Å². The number of carbonyl (C=O) groups excluding carboxylic acids is 1. The molecule has 0 saturated heterocycles. The largest absolute Gasteiger partial charge is 0.293 e. The Bertz CT molecular complexity index is 426. The van der Waals surface area contributed by atoms with Gasteiger partial charge >= 0.3 is 0 Å². The number of hydrogen-bond acceptors (Lipinski definition) is 2. The van der Waals surface area contributed by atoms with Crippen molar-refractivity contribution < 1.29 is 13.6 Å². The Labute approximate surface area is 83.7 Å². The zero-order valence-corrected chi connectivity index (χ0v) is 7.61. The number of rotatable bonds is 2. The summed E-state index contributed by atoms with van der Waals surface area (Å²) in [6.07, 6.45) is 0. The van der Waals surface area contributed by atoms with Gasteiger partial charge in [0, 0.05) is 6.07 Å². The predicted octanol–water partition coefficient (Wildman–Crippen LogP) is 2.26. The highest BCUT2D eigenvalue weighted by Crippen LogP contribution is 2.16. The Hall–Kier alpha value is -1.47. The zero-order chi connectivity index (χ0) is 10.7. The van der Waals surface area contributed by atoms with Crippen LogP contribution in [0.5, 0.6) is 0 Å². The summed E-state index contributed by atoms with van der Waals surface area (Å²) in [6, 6.07) is 2.87. The second-order valence-electron chi connectivity index (χ2n) is 2.48. The number of alkyl halides is 1. The van der Waals surface area contributed by atoms with Gasteiger partial charge in [0.1, 0.15) is 17.7 Å². The fraction of sp³-hybridized carbons (Fsp3) is 0.111. The van der Waals surface area contributed by atoms with Crippen molar-refractivity contribution in [3.8, 4) is 6.07 Å². The van der Waals surface area contributed by atoms with Gasteiger partial charge < -0.3 is 0 Å². The molecule has 0 amide bonds. The van der Waals surface area contributed by atoms with Crippen molar-refractivity contribution in [1.29, 1.82) is 5.26 Å². The van der Waals surface area contributed by atoms with Crippen molar-refractivity contribution in [3.05, 3.63) is 34.9 Å². The van der Waals surface area contributed by atoms with Crippen molar-refractivity contribution in [3.63, 3.8) is 0 Å². The van der Waals surface area contributed by atoms with E-state index in [-0.39, 0.29) is 5.56 Å². The molecule has 0 aromatic heterocycles. The van der Waals surface area contributed by atoms with Gasteiger partial charge in [0.25, 0.3) is 0 Å². The molecule has 5 heteroatoms. The number of halogens is 3. The van der Waals surface area contributed by atoms with Crippen LogP contribution in [0, 0.1) is 23.0 Å². The molecule has 0 aliphatic heterocycles. The fourth-order valence-electron chi connectivity index (χ4n) is 1.01. The van der Waals surface area contributed by atoms with Crippen LogP contribution in [0.4, 0.5) is 8.78 Å². The summed E-state index contributed by atoms with van der Waals surface area (Å²) in [5.74, 6) is -3.14. The van der Waals surface area contributed by atoms with Gasteiger partial charge in [-0.05, 0) is 6.07 Å². The third kappa shape index (κ3) is 1.88. The van der Waals surface area contributed by atoms with Gasteiger partial charge in [-0.1, -0.05) is 0 Å². The van der Waals surface area contributed by atoms with Crippen molar-refractivity contribution in [2.75, 3.05) is 5.88 Å². The molecule has 0 bridgehead atoms. The van der Waals surface area contributed by atoms with Gasteiger partial charge in [-0.25, -0.2) is 8.78 Å². The lowest BCUT2D eigenvalue weighted by Gasteiger charge is -2.02. The Morgan fingerprint density at radius 3 is 2.64 bits per heavy atom. The van der Waals surface area contributed by atoms with Crippen molar-refractivity contribution >= 4 is 17.4 Å². The number of carbonyl (C=O) groups is 1. The summed E-state index contributed by atoms with van der Waals surface area (Å²) < 4.78 is 25.7. The standard InChI is InChI=1S/C9H4ClF2NO/c10-3-8(14)9-5(4-13)1-6(11)2-7(9)12/h1-2H,3H2. The average molecular weight is 216 g/mol. The lowest BCUT2D eigenvalue weighted by Crippen LogP contribution is -2.07. The summed E-state index contributed by atoms with van der Waals surface area (Å²) in [4.78, 5) is 11.1. The molecule has 0 saturated carbocycles. The molecular formula is C9H4ClF2NO. The first-order chi connectivity index (χ1) is 6.60. The third-order valence-electron chi connectivity index (χ3n) is 1.58. The van der Waals surface area contributed by atoms with E-state index in [2.05, 4.69) is 0 Å². The number of Topliss-reactive ketones (excluding diaryl/α,β-unsaturated/α-hetero) is 1. The van der Waals surface area contributed by atoms with E-state index >= 15 is 0 Å². The average Bonchev–Trinajstić information content (AvgIpc) is 2.15. The van der Waals surface area contributed by atoms with E-state index in [0.717, 1.165) is 6.07 Å². The summed E-state index contributed by atoms with van der Waals surface area (Å²) in [5, 5.41) is 8.53. The van der Waals surface area contributed by atoms with Crippen molar-refractivity contribution in [1.82, 2.24) is 0 Å². The first kappa shape index (κ1) is 10.6. The first-order valence-corrected chi connectivity index (χ1v) is 4.12. The van der Waals surface area contributed by atoms with E-state index in [4.69, 9.17) is 16.9 Å². The number of benzene rings is 1. The second kappa shape index (κ2) is 4.16. The molecule has 0 atom stereocenters. The highest BCUT2D eigenvalue weighted by Gasteiger charge is 2.17. The van der Waals surface area contributed by atoms with Crippen LogP contribution in [0.15, 0.2) is 12.1 Å². The van der Waals surface area contributed by atoms with Gasteiger partial charge in [0.2, 0.25) is 0 Å². The first-order valence-electron chi connectivity index (χ1n) is 3.58. The molecule has 0 fully saturated rings. The lowest BCUT2D eigenvalue weighted by atomic mass is 10.0. The van der Waals surface area contributed by atoms with E-state index < -0.39 is 28.9 Å². The minimum atomic E-state index is -1.06. The normalized spacial score (nSPS) is 9.57. The van der Waals surface area contributed by atoms with Gasteiger partial charge in [0.15, 0.2) is 5.78 Å². The van der Waals surface area contributed by atoms with Crippen molar-refractivity contribution in [2.45, 2.75) is 0 Å². The summed E-state index contributed by atoms with van der Waals surface area (Å²) in [5.41, 5.74) is -0.794. The van der Waals surface area contributed by atoms with Crippen LogP contribution in [-0.4, -0.2) is 11.7 Å². The SMILES string of the molecule is N#Cc1cc(F)cc(F)c1C(=O)CCl. The van der Waals surface area contributed by atoms with Crippen LogP contribution in [-0.2, 0) is 0 Å². The van der Waals surface area contributed by atoms with Crippen LogP contribution in [0.2, 0.25) is 0 Å². The topological polar surface area (TPSA) is 40.9 Å². The smallest absolute Gasteiger partial charge is 0.181 e. The van der Waals surface area contributed by atoms with Gasteiger partial charge in [-0.2, -0.15) is 5.26 Å². The zero-order valence-electron chi connectivity index (χ0n) is 6.85. The predicted molar refractivity (Wildman–Crippen MR) is 46.1 cm³/mol. The van der Waals surface area contributed by atoms with Crippen LogP contribution < -0.4 is 0 Å². The van der Waals surface area contributed by atoms with Crippen LogP contribution in [0.1, 0.15) is 15.9 Å². The summed E-state index contributed by atoms with van der Waals surface area (Å²) in [7, 11) is 0. The molecule has 0 unspecified atom stereocenters. The molecule has 1 rings (SSSR count). The maximum Gasteiger partial charge on any atom is 0.181 e. The molecule has 72 valence electrons. The quantitative estimate of drug-likeness (QED) is 0.561. The number of hydrogen-bond donors (Lipinski definition) is 0. The minimum absolute atomic E-state index is 0.340. The van der Waals surface area contributed by atoms with E-state index in [1.165, 1.54) is 6.07 Å². The highest BCUT2D eigenvalue weighted by molar-refractivity contribution is 6.30. The molecular weight excluding hydrogens is 212 g/mol. The molecule has 0 radical (unpaired) electrons. The highest BCUT2D eigenvalue weighted by atomic mass is 35.5.